The highest BCUT2D eigenvalue weighted by molar-refractivity contribution is 5.95. The lowest BCUT2D eigenvalue weighted by Crippen LogP contribution is -2.40. The molecule has 0 fully saturated rings. The molecular formula is C27H26N2O2. The van der Waals surface area contributed by atoms with Crippen molar-refractivity contribution in [2.75, 3.05) is 13.2 Å². The molecule has 1 aliphatic rings. The molecule has 1 aromatic heterocycles. The lowest BCUT2D eigenvalue weighted by molar-refractivity contribution is 0.0692. The first-order valence-corrected chi connectivity index (χ1v) is 10.9. The summed E-state index contributed by atoms with van der Waals surface area (Å²) in [5, 5.41) is 1.25. The minimum absolute atomic E-state index is 0.0585. The average molecular weight is 411 g/mol. The Balaban J connectivity index is 1.61. The van der Waals surface area contributed by atoms with Gasteiger partial charge in [-0.05, 0) is 61.7 Å². The van der Waals surface area contributed by atoms with E-state index < -0.39 is 0 Å². The highest BCUT2D eigenvalue weighted by atomic mass is 16.5. The van der Waals surface area contributed by atoms with E-state index in [1.165, 1.54) is 10.9 Å². The van der Waals surface area contributed by atoms with Gasteiger partial charge in [0, 0.05) is 28.7 Å². The molecule has 0 aliphatic carbocycles. The molecule has 156 valence electrons. The molecule has 0 spiro atoms. The van der Waals surface area contributed by atoms with E-state index >= 15 is 0 Å². The van der Waals surface area contributed by atoms with Gasteiger partial charge in [0.05, 0.1) is 12.6 Å². The number of carbonyl (C=O) groups is 1. The maximum atomic E-state index is 13.6. The van der Waals surface area contributed by atoms with Crippen LogP contribution >= 0.6 is 0 Å². The molecule has 4 heteroatoms. The molecule has 3 aromatic carbocycles. The Hall–Kier alpha value is -3.53. The first-order chi connectivity index (χ1) is 15.2. The minimum Gasteiger partial charge on any atom is -0.494 e. The zero-order valence-electron chi connectivity index (χ0n) is 17.9. The van der Waals surface area contributed by atoms with Gasteiger partial charge < -0.3 is 14.6 Å². The monoisotopic (exact) mass is 410 g/mol. The summed E-state index contributed by atoms with van der Waals surface area (Å²) >= 11 is 0. The van der Waals surface area contributed by atoms with Crippen molar-refractivity contribution in [3.05, 3.63) is 101 Å². The van der Waals surface area contributed by atoms with Gasteiger partial charge in [-0.2, -0.15) is 0 Å². The SMILES string of the molecule is CCOc1ccc([C@H]2c3[nH]c4ccccc4c3CCN2C(=O)c2ccc(C)cc2)cc1. The van der Waals surface area contributed by atoms with E-state index in [9.17, 15) is 4.79 Å². The highest BCUT2D eigenvalue weighted by Gasteiger charge is 2.34. The molecule has 4 nitrogen and oxygen atoms in total. The maximum absolute atomic E-state index is 13.6. The summed E-state index contributed by atoms with van der Waals surface area (Å²) in [4.78, 5) is 19.2. The summed E-state index contributed by atoms with van der Waals surface area (Å²) in [6.07, 6.45) is 0.838. The Bertz CT molecular complexity index is 1220. The highest BCUT2D eigenvalue weighted by Crippen LogP contribution is 2.39. The van der Waals surface area contributed by atoms with E-state index in [-0.39, 0.29) is 11.9 Å². The largest absolute Gasteiger partial charge is 0.494 e. The molecule has 1 N–H and O–H groups in total. The van der Waals surface area contributed by atoms with Crippen LogP contribution in [0.15, 0.2) is 72.8 Å². The lowest BCUT2D eigenvalue weighted by Gasteiger charge is -2.36. The number of rotatable bonds is 4. The van der Waals surface area contributed by atoms with Gasteiger partial charge in [-0.15, -0.1) is 0 Å². The quantitative estimate of drug-likeness (QED) is 0.472. The maximum Gasteiger partial charge on any atom is 0.254 e. The van der Waals surface area contributed by atoms with Crippen molar-refractivity contribution in [3.8, 4) is 5.75 Å². The summed E-state index contributed by atoms with van der Waals surface area (Å²) in [5.41, 5.74) is 6.49. The number of fused-ring (bicyclic) bond motifs is 3. The molecule has 0 saturated heterocycles. The number of hydrogen-bond acceptors (Lipinski definition) is 2. The third kappa shape index (κ3) is 3.48. The minimum atomic E-state index is -0.166. The fourth-order valence-electron chi connectivity index (χ4n) is 4.58. The predicted octanol–water partition coefficient (Wildman–Crippen LogP) is 5.66. The summed E-state index contributed by atoms with van der Waals surface area (Å²) in [7, 11) is 0. The Labute approximate surface area is 182 Å². The fourth-order valence-corrected chi connectivity index (χ4v) is 4.58. The summed E-state index contributed by atoms with van der Waals surface area (Å²) < 4.78 is 5.63. The van der Waals surface area contributed by atoms with Crippen molar-refractivity contribution in [2.24, 2.45) is 0 Å². The van der Waals surface area contributed by atoms with E-state index in [1.54, 1.807) is 0 Å². The van der Waals surface area contributed by atoms with Gasteiger partial charge in [-0.3, -0.25) is 4.79 Å². The molecule has 1 amide bonds. The molecular weight excluding hydrogens is 384 g/mol. The molecule has 31 heavy (non-hydrogen) atoms. The van der Waals surface area contributed by atoms with Crippen molar-refractivity contribution in [2.45, 2.75) is 26.3 Å². The molecule has 2 heterocycles. The van der Waals surface area contributed by atoms with Crippen LogP contribution in [0.2, 0.25) is 0 Å². The van der Waals surface area contributed by atoms with Gasteiger partial charge in [0.2, 0.25) is 0 Å². The van der Waals surface area contributed by atoms with E-state index in [2.05, 4.69) is 35.3 Å². The summed E-state index contributed by atoms with van der Waals surface area (Å²) in [6.45, 7) is 5.33. The van der Waals surface area contributed by atoms with Crippen LogP contribution in [0, 0.1) is 6.92 Å². The smallest absolute Gasteiger partial charge is 0.254 e. The van der Waals surface area contributed by atoms with E-state index in [1.807, 2.05) is 61.2 Å². The van der Waals surface area contributed by atoms with Gasteiger partial charge >= 0.3 is 0 Å². The molecule has 0 radical (unpaired) electrons. The van der Waals surface area contributed by atoms with Crippen LogP contribution in [-0.4, -0.2) is 28.9 Å². The van der Waals surface area contributed by atoms with E-state index in [4.69, 9.17) is 4.74 Å². The second kappa shape index (κ2) is 7.95. The van der Waals surface area contributed by atoms with Gasteiger partial charge in [0.25, 0.3) is 5.91 Å². The van der Waals surface area contributed by atoms with Crippen LogP contribution in [0.25, 0.3) is 10.9 Å². The number of nitrogens with zero attached hydrogens (tertiary/aromatic N) is 1. The number of ether oxygens (including phenoxy) is 1. The Morgan fingerprint density at radius 1 is 1.03 bits per heavy atom. The number of nitrogens with one attached hydrogen (secondary N) is 1. The number of benzene rings is 3. The zero-order chi connectivity index (χ0) is 21.4. The third-order valence-electron chi connectivity index (χ3n) is 6.10. The fraction of sp³-hybridized carbons (Fsp3) is 0.222. The molecule has 0 bridgehead atoms. The molecule has 4 aromatic rings. The Morgan fingerprint density at radius 3 is 2.52 bits per heavy atom. The standard InChI is InChI=1S/C27H26N2O2/c1-3-31-21-14-12-19(13-15-21)26-25-23(22-6-4-5-7-24(22)28-25)16-17-29(26)27(30)20-10-8-18(2)9-11-20/h4-15,26,28H,3,16-17H2,1-2H3/t26-/m0/s1. The van der Waals surface area contributed by atoms with Gasteiger partial charge in [-0.1, -0.05) is 48.0 Å². The first kappa shape index (κ1) is 19.4. The number of aromatic amines is 1. The lowest BCUT2D eigenvalue weighted by atomic mass is 9.91. The predicted molar refractivity (Wildman–Crippen MR) is 124 cm³/mol. The number of H-pyrrole nitrogens is 1. The number of aromatic nitrogens is 1. The molecule has 0 saturated carbocycles. The number of carbonyl (C=O) groups excluding carboxylic acids is 1. The number of aryl methyl sites for hydroxylation is 1. The van der Waals surface area contributed by atoms with Crippen LogP contribution in [0.5, 0.6) is 5.75 Å². The Morgan fingerprint density at radius 2 is 1.77 bits per heavy atom. The van der Waals surface area contributed by atoms with Gasteiger partial charge in [0.15, 0.2) is 0 Å². The summed E-state index contributed by atoms with van der Waals surface area (Å²) in [6, 6.07) is 24.2. The van der Waals surface area contributed by atoms with Gasteiger partial charge in [0.1, 0.15) is 5.75 Å². The third-order valence-corrected chi connectivity index (χ3v) is 6.10. The van der Waals surface area contributed by atoms with E-state index in [0.29, 0.717) is 13.2 Å². The molecule has 1 aliphatic heterocycles. The van der Waals surface area contributed by atoms with Crippen LogP contribution in [-0.2, 0) is 6.42 Å². The molecule has 0 unspecified atom stereocenters. The first-order valence-electron chi connectivity index (χ1n) is 10.9. The van der Waals surface area contributed by atoms with Crippen molar-refractivity contribution >= 4 is 16.8 Å². The van der Waals surface area contributed by atoms with Crippen molar-refractivity contribution in [1.82, 2.24) is 9.88 Å². The zero-order valence-corrected chi connectivity index (χ0v) is 17.9. The average Bonchev–Trinajstić information content (AvgIpc) is 3.18. The van der Waals surface area contributed by atoms with Crippen molar-refractivity contribution in [1.29, 1.82) is 0 Å². The summed E-state index contributed by atoms with van der Waals surface area (Å²) in [5.74, 6) is 0.901. The van der Waals surface area contributed by atoms with Crippen molar-refractivity contribution < 1.29 is 9.53 Å². The number of para-hydroxylation sites is 1. The second-order valence-corrected chi connectivity index (χ2v) is 8.08. The molecule has 5 rings (SSSR count). The number of hydrogen-bond donors (Lipinski definition) is 1. The normalized spacial score (nSPS) is 15.7. The van der Waals surface area contributed by atoms with Crippen LogP contribution in [0.1, 0.15) is 45.7 Å². The second-order valence-electron chi connectivity index (χ2n) is 8.08. The van der Waals surface area contributed by atoms with Gasteiger partial charge in [-0.25, -0.2) is 0 Å². The molecule has 1 atom stereocenters. The van der Waals surface area contributed by atoms with Crippen LogP contribution in [0.3, 0.4) is 0 Å². The van der Waals surface area contributed by atoms with Crippen LogP contribution < -0.4 is 4.74 Å². The number of amides is 1. The Kier molecular flexibility index (Phi) is 4.99. The van der Waals surface area contributed by atoms with E-state index in [0.717, 1.165) is 40.1 Å². The van der Waals surface area contributed by atoms with Crippen molar-refractivity contribution in [3.63, 3.8) is 0 Å². The van der Waals surface area contributed by atoms with Crippen LogP contribution in [0.4, 0.5) is 0 Å². The topological polar surface area (TPSA) is 45.3 Å².